The fourth-order valence-electron chi connectivity index (χ4n) is 3.49. The van der Waals surface area contributed by atoms with E-state index in [1.54, 1.807) is 26.1 Å². The zero-order valence-electron chi connectivity index (χ0n) is 13.9. The number of carbonyl (C=O) groups is 1. The monoisotopic (exact) mass is 320 g/mol. The summed E-state index contributed by atoms with van der Waals surface area (Å²) in [5.41, 5.74) is 0. The van der Waals surface area contributed by atoms with Gasteiger partial charge in [0.2, 0.25) is 11.8 Å². The predicted molar refractivity (Wildman–Crippen MR) is 85.4 cm³/mol. The largest absolute Gasteiger partial charge is 0.481 e. The topological polar surface area (TPSA) is 67.8 Å². The van der Waals surface area contributed by atoms with Gasteiger partial charge in [0.05, 0.1) is 25.7 Å². The number of anilines is 1. The van der Waals surface area contributed by atoms with E-state index in [9.17, 15) is 4.79 Å². The van der Waals surface area contributed by atoms with Crippen LogP contribution in [0.3, 0.4) is 0 Å². The van der Waals surface area contributed by atoms with E-state index in [4.69, 9.17) is 9.47 Å². The van der Waals surface area contributed by atoms with Crippen molar-refractivity contribution in [3.63, 3.8) is 0 Å². The lowest BCUT2D eigenvalue weighted by molar-refractivity contribution is -0.143. The molecule has 2 saturated heterocycles. The SMILES string of the molecule is COc1cc(N2CC[C@H]3OC[C@@H](C(=O)N(C)C)C[C@H]3C2)ncn1. The van der Waals surface area contributed by atoms with Crippen LogP contribution < -0.4 is 9.64 Å². The summed E-state index contributed by atoms with van der Waals surface area (Å²) >= 11 is 0. The van der Waals surface area contributed by atoms with Crippen LogP contribution in [0.2, 0.25) is 0 Å². The number of fused-ring (bicyclic) bond motifs is 1. The summed E-state index contributed by atoms with van der Waals surface area (Å²) in [6.45, 7) is 2.29. The van der Waals surface area contributed by atoms with Crippen molar-refractivity contribution in [1.29, 1.82) is 0 Å². The second-order valence-electron chi connectivity index (χ2n) is 6.45. The van der Waals surface area contributed by atoms with Crippen LogP contribution in [0.15, 0.2) is 12.4 Å². The minimum absolute atomic E-state index is 0.0360. The Morgan fingerprint density at radius 3 is 3.00 bits per heavy atom. The average molecular weight is 320 g/mol. The van der Waals surface area contributed by atoms with Crippen LogP contribution in [0.25, 0.3) is 0 Å². The number of aromatic nitrogens is 2. The van der Waals surface area contributed by atoms with Crippen LogP contribution in [0.4, 0.5) is 5.82 Å². The summed E-state index contributed by atoms with van der Waals surface area (Å²) in [6.07, 6.45) is 3.61. The molecular formula is C16H24N4O3. The zero-order chi connectivity index (χ0) is 16.4. The van der Waals surface area contributed by atoms with Crippen molar-refractivity contribution < 1.29 is 14.3 Å². The quantitative estimate of drug-likeness (QED) is 0.821. The van der Waals surface area contributed by atoms with Crippen LogP contribution in [0.1, 0.15) is 12.8 Å². The van der Waals surface area contributed by atoms with Gasteiger partial charge in [0, 0.05) is 39.2 Å². The van der Waals surface area contributed by atoms with E-state index in [0.29, 0.717) is 18.4 Å². The van der Waals surface area contributed by atoms with Crippen molar-refractivity contribution in [2.24, 2.45) is 11.8 Å². The molecule has 0 radical (unpaired) electrons. The normalized spacial score (nSPS) is 27.3. The van der Waals surface area contributed by atoms with E-state index in [1.807, 2.05) is 6.07 Å². The third-order valence-electron chi connectivity index (χ3n) is 4.71. The number of rotatable bonds is 3. The van der Waals surface area contributed by atoms with Gasteiger partial charge in [-0.15, -0.1) is 0 Å². The van der Waals surface area contributed by atoms with Crippen LogP contribution in [-0.2, 0) is 9.53 Å². The fourth-order valence-corrected chi connectivity index (χ4v) is 3.49. The van der Waals surface area contributed by atoms with Crippen molar-refractivity contribution >= 4 is 11.7 Å². The van der Waals surface area contributed by atoms with Crippen LogP contribution in [-0.4, -0.2) is 67.8 Å². The van der Waals surface area contributed by atoms with E-state index in [0.717, 1.165) is 31.7 Å². The predicted octanol–water partition coefficient (Wildman–Crippen LogP) is 0.805. The van der Waals surface area contributed by atoms with Crippen molar-refractivity contribution in [3.8, 4) is 5.88 Å². The Morgan fingerprint density at radius 1 is 1.43 bits per heavy atom. The molecule has 1 amide bonds. The van der Waals surface area contributed by atoms with E-state index in [1.165, 1.54) is 6.33 Å². The molecule has 2 fully saturated rings. The van der Waals surface area contributed by atoms with Crippen LogP contribution in [0.5, 0.6) is 5.88 Å². The molecule has 0 bridgehead atoms. The fraction of sp³-hybridized carbons (Fsp3) is 0.688. The molecule has 0 unspecified atom stereocenters. The molecule has 1 aromatic rings. The van der Waals surface area contributed by atoms with Gasteiger partial charge in [-0.05, 0) is 12.8 Å². The standard InChI is InChI=1S/C16H24N4O3/c1-19(2)16(21)12-6-11-8-20(5-4-13(11)23-9-12)14-7-15(22-3)18-10-17-14/h7,10-13H,4-6,8-9H2,1-3H3/t11-,12-,13+/m0/s1. The van der Waals surface area contributed by atoms with Gasteiger partial charge in [-0.3, -0.25) is 4.79 Å². The highest BCUT2D eigenvalue weighted by atomic mass is 16.5. The van der Waals surface area contributed by atoms with Crippen LogP contribution in [0, 0.1) is 11.8 Å². The highest BCUT2D eigenvalue weighted by Gasteiger charge is 2.39. The maximum atomic E-state index is 12.2. The Balaban J connectivity index is 1.68. The third-order valence-corrected chi connectivity index (χ3v) is 4.71. The Morgan fingerprint density at radius 2 is 2.26 bits per heavy atom. The molecule has 3 heterocycles. The van der Waals surface area contributed by atoms with Gasteiger partial charge in [0.15, 0.2) is 0 Å². The van der Waals surface area contributed by atoms with Gasteiger partial charge in [-0.2, -0.15) is 0 Å². The van der Waals surface area contributed by atoms with Gasteiger partial charge in [-0.25, -0.2) is 9.97 Å². The lowest BCUT2D eigenvalue weighted by atomic mass is 9.83. The highest BCUT2D eigenvalue weighted by molar-refractivity contribution is 5.78. The molecule has 126 valence electrons. The number of hydrogen-bond donors (Lipinski definition) is 0. The number of ether oxygens (including phenoxy) is 2. The van der Waals surface area contributed by atoms with Gasteiger partial charge >= 0.3 is 0 Å². The minimum Gasteiger partial charge on any atom is -0.481 e. The van der Waals surface area contributed by atoms with Gasteiger partial charge in [0.1, 0.15) is 12.1 Å². The second kappa shape index (κ2) is 6.70. The van der Waals surface area contributed by atoms with Crippen molar-refractivity contribution in [3.05, 3.63) is 12.4 Å². The van der Waals surface area contributed by atoms with Gasteiger partial charge < -0.3 is 19.3 Å². The lowest BCUT2D eigenvalue weighted by Crippen LogP contribution is -2.50. The Hall–Kier alpha value is -1.89. The first-order chi connectivity index (χ1) is 11.1. The molecule has 3 atom stereocenters. The highest BCUT2D eigenvalue weighted by Crippen LogP contribution is 2.33. The summed E-state index contributed by atoms with van der Waals surface area (Å²) in [5, 5.41) is 0. The molecule has 7 nitrogen and oxygen atoms in total. The molecule has 2 aliphatic rings. The summed E-state index contributed by atoms with van der Waals surface area (Å²) in [4.78, 5) is 24.5. The summed E-state index contributed by atoms with van der Waals surface area (Å²) in [6, 6.07) is 1.85. The maximum absolute atomic E-state index is 12.2. The summed E-state index contributed by atoms with van der Waals surface area (Å²) in [5.74, 6) is 1.91. The number of carbonyl (C=O) groups excluding carboxylic acids is 1. The minimum atomic E-state index is -0.0360. The van der Waals surface area contributed by atoms with E-state index in [-0.39, 0.29) is 17.9 Å². The van der Waals surface area contributed by atoms with E-state index >= 15 is 0 Å². The Kier molecular flexibility index (Phi) is 4.66. The molecule has 0 N–H and O–H groups in total. The zero-order valence-corrected chi connectivity index (χ0v) is 13.9. The maximum Gasteiger partial charge on any atom is 0.227 e. The smallest absolute Gasteiger partial charge is 0.227 e. The molecular weight excluding hydrogens is 296 g/mol. The van der Waals surface area contributed by atoms with Crippen molar-refractivity contribution in [2.45, 2.75) is 18.9 Å². The number of nitrogens with zero attached hydrogens (tertiary/aromatic N) is 4. The van der Waals surface area contributed by atoms with E-state index < -0.39 is 0 Å². The molecule has 23 heavy (non-hydrogen) atoms. The third kappa shape index (κ3) is 3.39. The molecule has 0 saturated carbocycles. The molecule has 0 spiro atoms. The molecule has 0 aliphatic carbocycles. The summed E-state index contributed by atoms with van der Waals surface area (Å²) < 4.78 is 11.1. The average Bonchev–Trinajstić information content (AvgIpc) is 2.60. The second-order valence-corrected chi connectivity index (χ2v) is 6.45. The summed E-state index contributed by atoms with van der Waals surface area (Å²) in [7, 11) is 5.20. The van der Waals surface area contributed by atoms with Gasteiger partial charge in [-0.1, -0.05) is 0 Å². The molecule has 3 rings (SSSR count). The molecule has 0 aromatic carbocycles. The number of amides is 1. The Labute approximate surface area is 136 Å². The Bertz CT molecular complexity index is 566. The first-order valence-electron chi connectivity index (χ1n) is 8.02. The number of methoxy groups -OCH3 is 1. The number of piperidine rings is 1. The molecule has 1 aromatic heterocycles. The first-order valence-corrected chi connectivity index (χ1v) is 8.02. The first kappa shape index (κ1) is 16.0. The van der Waals surface area contributed by atoms with Crippen LogP contribution >= 0.6 is 0 Å². The molecule has 2 aliphatic heterocycles. The van der Waals surface area contributed by atoms with Crippen molar-refractivity contribution in [2.75, 3.05) is 45.8 Å². The van der Waals surface area contributed by atoms with Crippen molar-refractivity contribution in [1.82, 2.24) is 14.9 Å². The number of hydrogen-bond acceptors (Lipinski definition) is 6. The molecule has 7 heteroatoms. The van der Waals surface area contributed by atoms with E-state index in [2.05, 4.69) is 14.9 Å². The van der Waals surface area contributed by atoms with Gasteiger partial charge in [0.25, 0.3) is 0 Å². The lowest BCUT2D eigenvalue weighted by Gasteiger charge is -2.43.